The van der Waals surface area contributed by atoms with E-state index in [0.29, 0.717) is 0 Å². The molecule has 0 atom stereocenters. The van der Waals surface area contributed by atoms with Crippen LogP contribution in [0, 0.1) is 32.8 Å². The lowest BCUT2D eigenvalue weighted by Gasteiger charge is -2.03. The maximum absolute atomic E-state index is 10.5. The van der Waals surface area contributed by atoms with Gasteiger partial charge in [-0.3, -0.25) is 10.1 Å². The van der Waals surface area contributed by atoms with Crippen molar-refractivity contribution < 1.29 is 9.66 Å². The SMILES string of the molecule is COc1c(C#N)cc([N+](=O)[O-])cc1C#N. The Bertz CT molecular complexity index is 461. The minimum absolute atomic E-state index is 0.0248. The van der Waals surface area contributed by atoms with Gasteiger partial charge in [0.25, 0.3) is 5.69 Å². The number of rotatable bonds is 2. The van der Waals surface area contributed by atoms with Crippen molar-refractivity contribution in [2.45, 2.75) is 0 Å². The summed E-state index contributed by atoms with van der Waals surface area (Å²) in [6.45, 7) is 0. The monoisotopic (exact) mass is 203 g/mol. The summed E-state index contributed by atoms with van der Waals surface area (Å²) < 4.78 is 4.83. The van der Waals surface area contributed by atoms with Gasteiger partial charge in [0.1, 0.15) is 23.3 Å². The molecule has 0 aliphatic rings. The zero-order valence-electron chi connectivity index (χ0n) is 7.72. The van der Waals surface area contributed by atoms with Gasteiger partial charge < -0.3 is 4.74 Å². The van der Waals surface area contributed by atoms with Crippen molar-refractivity contribution in [1.82, 2.24) is 0 Å². The van der Waals surface area contributed by atoms with Crippen molar-refractivity contribution in [3.05, 3.63) is 33.4 Å². The van der Waals surface area contributed by atoms with Gasteiger partial charge in [0.15, 0.2) is 5.75 Å². The zero-order chi connectivity index (χ0) is 11.4. The van der Waals surface area contributed by atoms with Crippen LogP contribution in [0.3, 0.4) is 0 Å². The van der Waals surface area contributed by atoms with E-state index >= 15 is 0 Å². The third-order valence-electron chi connectivity index (χ3n) is 1.73. The summed E-state index contributed by atoms with van der Waals surface area (Å²) in [5.41, 5.74) is -0.351. The normalized spacial score (nSPS) is 8.73. The van der Waals surface area contributed by atoms with Gasteiger partial charge in [-0.25, -0.2) is 0 Å². The van der Waals surface area contributed by atoms with Gasteiger partial charge in [-0.1, -0.05) is 0 Å². The number of methoxy groups -OCH3 is 1. The second kappa shape index (κ2) is 4.07. The number of hydrogen-bond donors (Lipinski definition) is 0. The van der Waals surface area contributed by atoms with E-state index in [1.54, 1.807) is 12.1 Å². The molecule has 0 fully saturated rings. The van der Waals surface area contributed by atoms with Crippen LogP contribution in [0.2, 0.25) is 0 Å². The molecule has 0 heterocycles. The molecule has 0 unspecified atom stereocenters. The summed E-state index contributed by atoms with van der Waals surface area (Å²) >= 11 is 0. The molecule has 6 nitrogen and oxygen atoms in total. The van der Waals surface area contributed by atoms with Gasteiger partial charge in [0.2, 0.25) is 0 Å². The predicted octanol–water partition coefficient (Wildman–Crippen LogP) is 1.35. The first kappa shape index (κ1) is 10.5. The number of hydrogen-bond acceptors (Lipinski definition) is 5. The van der Waals surface area contributed by atoms with E-state index in [9.17, 15) is 10.1 Å². The summed E-state index contributed by atoms with van der Waals surface area (Å²) in [4.78, 5) is 9.82. The number of nitro benzene ring substituents is 1. The molecule has 0 N–H and O–H groups in total. The minimum atomic E-state index is -0.666. The van der Waals surface area contributed by atoms with Gasteiger partial charge in [0.05, 0.1) is 12.0 Å². The Morgan fingerprint density at radius 3 is 2.07 bits per heavy atom. The highest BCUT2D eigenvalue weighted by Gasteiger charge is 2.16. The zero-order valence-corrected chi connectivity index (χ0v) is 7.72. The molecule has 0 aromatic heterocycles. The smallest absolute Gasteiger partial charge is 0.272 e. The standard InChI is InChI=1S/C9H5N3O3/c1-15-9-6(4-10)2-8(12(13)14)3-7(9)5-11/h2-3H,1H3. The van der Waals surface area contributed by atoms with Crippen LogP contribution in [-0.2, 0) is 0 Å². The molecule has 0 saturated carbocycles. The number of non-ortho nitro benzene ring substituents is 1. The van der Waals surface area contributed by atoms with Gasteiger partial charge >= 0.3 is 0 Å². The molecule has 1 rings (SSSR count). The Balaban J connectivity index is 3.53. The largest absolute Gasteiger partial charge is 0.494 e. The van der Waals surface area contributed by atoms with E-state index < -0.39 is 4.92 Å². The van der Waals surface area contributed by atoms with Gasteiger partial charge in [-0.2, -0.15) is 10.5 Å². The highest BCUT2D eigenvalue weighted by molar-refractivity contribution is 5.59. The van der Waals surface area contributed by atoms with Crippen LogP contribution in [0.5, 0.6) is 5.75 Å². The van der Waals surface area contributed by atoms with Crippen LogP contribution < -0.4 is 4.74 Å². The summed E-state index contributed by atoms with van der Waals surface area (Å²) in [5.74, 6) is 0.0607. The molecule has 0 spiro atoms. The number of ether oxygens (including phenoxy) is 1. The van der Waals surface area contributed by atoms with Crippen LogP contribution >= 0.6 is 0 Å². The lowest BCUT2D eigenvalue weighted by molar-refractivity contribution is -0.384. The lowest BCUT2D eigenvalue weighted by atomic mass is 10.1. The number of nitrogens with zero attached hydrogens (tertiary/aromatic N) is 3. The molecule has 0 aliphatic carbocycles. The van der Waals surface area contributed by atoms with Crippen molar-refractivity contribution in [3.8, 4) is 17.9 Å². The Hall–Kier alpha value is -2.60. The summed E-state index contributed by atoms with van der Waals surface area (Å²) in [6.07, 6.45) is 0. The fraction of sp³-hybridized carbons (Fsp3) is 0.111. The molecular weight excluding hydrogens is 198 g/mol. The summed E-state index contributed by atoms with van der Waals surface area (Å²) in [7, 11) is 1.29. The first-order valence-corrected chi connectivity index (χ1v) is 3.80. The molecule has 1 aromatic rings. The highest BCUT2D eigenvalue weighted by atomic mass is 16.6. The second-order valence-corrected chi connectivity index (χ2v) is 2.55. The number of benzene rings is 1. The van der Waals surface area contributed by atoms with Crippen molar-refractivity contribution in [3.63, 3.8) is 0 Å². The van der Waals surface area contributed by atoms with Crippen molar-refractivity contribution in [2.24, 2.45) is 0 Å². The molecule has 6 heteroatoms. The van der Waals surface area contributed by atoms with E-state index in [2.05, 4.69) is 0 Å². The average Bonchev–Trinajstić information content (AvgIpc) is 2.26. The van der Waals surface area contributed by atoms with Gasteiger partial charge in [0, 0.05) is 12.1 Å². The maximum atomic E-state index is 10.5. The Morgan fingerprint density at radius 1 is 1.33 bits per heavy atom. The van der Waals surface area contributed by atoms with Crippen LogP contribution in [-0.4, -0.2) is 12.0 Å². The van der Waals surface area contributed by atoms with Crippen molar-refractivity contribution in [2.75, 3.05) is 7.11 Å². The fourth-order valence-electron chi connectivity index (χ4n) is 1.11. The maximum Gasteiger partial charge on any atom is 0.272 e. The van der Waals surface area contributed by atoms with E-state index in [1.807, 2.05) is 0 Å². The van der Waals surface area contributed by atoms with Crippen molar-refractivity contribution in [1.29, 1.82) is 10.5 Å². The van der Waals surface area contributed by atoms with Crippen molar-refractivity contribution >= 4 is 5.69 Å². The molecule has 74 valence electrons. The quantitative estimate of drug-likeness (QED) is 0.533. The lowest BCUT2D eigenvalue weighted by Crippen LogP contribution is -1.96. The van der Waals surface area contributed by atoms with Gasteiger partial charge in [-0.05, 0) is 0 Å². The topological polar surface area (TPSA) is 99.9 Å². The van der Waals surface area contributed by atoms with Crippen LogP contribution in [0.1, 0.15) is 11.1 Å². The van der Waals surface area contributed by atoms with E-state index in [0.717, 1.165) is 12.1 Å². The number of nitriles is 2. The molecule has 0 amide bonds. The first-order valence-electron chi connectivity index (χ1n) is 3.80. The molecular formula is C9H5N3O3. The molecule has 0 radical (unpaired) electrons. The minimum Gasteiger partial charge on any atom is -0.494 e. The van der Waals surface area contributed by atoms with E-state index in [1.165, 1.54) is 7.11 Å². The Kier molecular flexibility index (Phi) is 2.85. The second-order valence-electron chi connectivity index (χ2n) is 2.55. The molecule has 0 bridgehead atoms. The Labute approximate surface area is 85.1 Å². The highest BCUT2D eigenvalue weighted by Crippen LogP contribution is 2.27. The fourth-order valence-corrected chi connectivity index (χ4v) is 1.11. The third-order valence-corrected chi connectivity index (χ3v) is 1.73. The summed E-state index contributed by atoms with van der Waals surface area (Å²) in [6, 6.07) is 5.61. The van der Waals surface area contributed by atoms with Crippen LogP contribution in [0.25, 0.3) is 0 Å². The van der Waals surface area contributed by atoms with E-state index in [-0.39, 0.29) is 22.6 Å². The molecule has 15 heavy (non-hydrogen) atoms. The van der Waals surface area contributed by atoms with Crippen LogP contribution in [0.4, 0.5) is 5.69 Å². The van der Waals surface area contributed by atoms with Gasteiger partial charge in [-0.15, -0.1) is 0 Å². The third kappa shape index (κ3) is 1.84. The predicted molar refractivity (Wildman–Crippen MR) is 49.1 cm³/mol. The average molecular weight is 203 g/mol. The number of nitro groups is 1. The summed E-state index contributed by atoms with van der Waals surface area (Å²) in [5, 5.41) is 27.9. The van der Waals surface area contributed by atoms with E-state index in [4.69, 9.17) is 15.3 Å². The molecule has 1 aromatic carbocycles. The molecule has 0 saturated heterocycles. The Morgan fingerprint density at radius 2 is 1.80 bits per heavy atom. The molecule has 0 aliphatic heterocycles. The first-order chi connectivity index (χ1) is 7.13. The van der Waals surface area contributed by atoms with Crippen LogP contribution in [0.15, 0.2) is 12.1 Å².